The summed E-state index contributed by atoms with van der Waals surface area (Å²) in [6.45, 7) is 4.05. The molecule has 0 spiro atoms. The van der Waals surface area contributed by atoms with Gasteiger partial charge in [-0.2, -0.15) is 12.6 Å². The van der Waals surface area contributed by atoms with E-state index in [0.29, 0.717) is 11.5 Å². The molecule has 0 unspecified atom stereocenters. The van der Waals surface area contributed by atoms with E-state index in [1.165, 1.54) is 5.39 Å². The molecule has 3 aromatic rings. The predicted molar refractivity (Wildman–Crippen MR) is 93.2 cm³/mol. The van der Waals surface area contributed by atoms with E-state index < -0.39 is 0 Å². The molecule has 0 aromatic heterocycles. The van der Waals surface area contributed by atoms with Crippen LogP contribution in [0.25, 0.3) is 21.9 Å². The molecule has 0 heterocycles. The summed E-state index contributed by atoms with van der Waals surface area (Å²) in [7, 11) is 0. The van der Waals surface area contributed by atoms with Gasteiger partial charge in [-0.3, -0.25) is 0 Å². The van der Waals surface area contributed by atoms with Gasteiger partial charge in [-0.15, -0.1) is 0 Å². The van der Waals surface area contributed by atoms with Crippen LogP contribution in [-0.4, -0.2) is 5.11 Å². The normalized spacial score (nSPS) is 11.0. The summed E-state index contributed by atoms with van der Waals surface area (Å²) in [5.74, 6) is 0.985. The molecule has 0 atom stereocenters. The molecule has 21 heavy (non-hydrogen) atoms. The fourth-order valence-corrected chi connectivity index (χ4v) is 3.28. The molecule has 0 fully saturated rings. The molecule has 0 bridgehead atoms. The average Bonchev–Trinajstić information content (AvgIpc) is 2.46. The van der Waals surface area contributed by atoms with Gasteiger partial charge >= 0.3 is 0 Å². The Morgan fingerprint density at radius 1 is 0.952 bits per heavy atom. The number of hydrogen-bond acceptors (Lipinski definition) is 2. The van der Waals surface area contributed by atoms with Crippen LogP contribution in [0.4, 0.5) is 0 Å². The van der Waals surface area contributed by atoms with Gasteiger partial charge in [0.2, 0.25) is 0 Å². The van der Waals surface area contributed by atoms with Gasteiger partial charge in [-0.05, 0) is 52.9 Å². The maximum absolute atomic E-state index is 10.5. The zero-order chi connectivity index (χ0) is 15.0. The number of phenols is 1. The van der Waals surface area contributed by atoms with Crippen LogP contribution in [0.15, 0.2) is 48.5 Å². The topological polar surface area (TPSA) is 20.2 Å². The number of aromatic hydroxyl groups is 1. The zero-order valence-electron chi connectivity index (χ0n) is 12.2. The Kier molecular flexibility index (Phi) is 3.64. The van der Waals surface area contributed by atoms with Crippen molar-refractivity contribution in [3.63, 3.8) is 0 Å². The first kappa shape index (κ1) is 14.0. The van der Waals surface area contributed by atoms with Crippen LogP contribution < -0.4 is 0 Å². The third kappa shape index (κ3) is 2.40. The Hall–Kier alpha value is -1.93. The van der Waals surface area contributed by atoms with Crippen molar-refractivity contribution in [3.05, 3.63) is 65.2 Å². The second kappa shape index (κ2) is 5.45. The van der Waals surface area contributed by atoms with Gasteiger partial charge in [0, 0.05) is 11.3 Å². The molecular formula is C19H18OS. The standard InChI is InChI=1S/C19H18OS/c1-12-9-13(2)18(17(20)10-12)19-15(11-21)8-7-14-5-3-4-6-16(14)19/h3-10,20-21H,11H2,1-2H3. The molecule has 0 aliphatic rings. The fraction of sp³-hybridized carbons (Fsp3) is 0.158. The molecule has 3 rings (SSSR count). The van der Waals surface area contributed by atoms with Crippen LogP contribution in [-0.2, 0) is 5.75 Å². The molecule has 0 saturated carbocycles. The first-order valence-electron chi connectivity index (χ1n) is 7.04. The zero-order valence-corrected chi connectivity index (χ0v) is 13.1. The monoisotopic (exact) mass is 294 g/mol. The molecule has 0 aliphatic carbocycles. The minimum atomic E-state index is 0.340. The molecule has 0 saturated heterocycles. The average molecular weight is 294 g/mol. The molecule has 3 aromatic carbocycles. The lowest BCUT2D eigenvalue weighted by atomic mass is 9.90. The van der Waals surface area contributed by atoms with Crippen LogP contribution >= 0.6 is 12.6 Å². The van der Waals surface area contributed by atoms with Gasteiger partial charge in [0.15, 0.2) is 0 Å². The Bertz CT molecular complexity index is 798. The van der Waals surface area contributed by atoms with Crippen molar-refractivity contribution in [3.8, 4) is 16.9 Å². The number of benzene rings is 3. The molecule has 106 valence electrons. The smallest absolute Gasteiger partial charge is 0.123 e. The van der Waals surface area contributed by atoms with Gasteiger partial charge < -0.3 is 5.11 Å². The van der Waals surface area contributed by atoms with E-state index >= 15 is 0 Å². The lowest BCUT2D eigenvalue weighted by Crippen LogP contribution is -1.93. The van der Waals surface area contributed by atoms with Crippen LogP contribution in [0.3, 0.4) is 0 Å². The highest BCUT2D eigenvalue weighted by Gasteiger charge is 2.15. The van der Waals surface area contributed by atoms with Crippen LogP contribution in [0, 0.1) is 13.8 Å². The molecule has 1 N–H and O–H groups in total. The Balaban J connectivity index is 2.44. The number of hydrogen-bond donors (Lipinski definition) is 2. The highest BCUT2D eigenvalue weighted by Crippen LogP contribution is 2.40. The third-order valence-corrected chi connectivity index (χ3v) is 4.24. The van der Waals surface area contributed by atoms with Crippen LogP contribution in [0.2, 0.25) is 0 Å². The van der Waals surface area contributed by atoms with Crippen LogP contribution in [0.1, 0.15) is 16.7 Å². The molecular weight excluding hydrogens is 276 g/mol. The summed E-state index contributed by atoms with van der Waals surface area (Å²) in [6, 6.07) is 16.4. The van der Waals surface area contributed by atoms with Crippen molar-refractivity contribution in [1.82, 2.24) is 0 Å². The van der Waals surface area contributed by atoms with Crippen molar-refractivity contribution < 1.29 is 5.11 Å². The molecule has 0 amide bonds. The lowest BCUT2D eigenvalue weighted by molar-refractivity contribution is 0.476. The highest BCUT2D eigenvalue weighted by molar-refractivity contribution is 7.79. The van der Waals surface area contributed by atoms with Gasteiger partial charge in [0.25, 0.3) is 0 Å². The van der Waals surface area contributed by atoms with E-state index in [1.807, 2.05) is 32.0 Å². The predicted octanol–water partition coefficient (Wildman–Crippen LogP) is 5.26. The summed E-state index contributed by atoms with van der Waals surface area (Å²) in [5, 5.41) is 12.8. The molecule has 2 heteroatoms. The maximum atomic E-state index is 10.5. The molecule has 0 aliphatic heterocycles. The largest absolute Gasteiger partial charge is 0.507 e. The number of aryl methyl sites for hydroxylation is 2. The SMILES string of the molecule is Cc1cc(C)c(-c2c(CS)ccc3ccccc23)c(O)c1. The van der Waals surface area contributed by atoms with Crippen molar-refractivity contribution in [2.75, 3.05) is 0 Å². The number of rotatable bonds is 2. The maximum Gasteiger partial charge on any atom is 0.123 e. The van der Waals surface area contributed by atoms with Crippen molar-refractivity contribution in [2.45, 2.75) is 19.6 Å². The Morgan fingerprint density at radius 2 is 1.71 bits per heavy atom. The fourth-order valence-electron chi connectivity index (χ4n) is 3.01. The van der Waals surface area contributed by atoms with Gasteiger partial charge in [0.05, 0.1) is 0 Å². The van der Waals surface area contributed by atoms with E-state index in [0.717, 1.165) is 33.2 Å². The third-order valence-electron chi connectivity index (χ3n) is 3.89. The lowest BCUT2D eigenvalue weighted by Gasteiger charge is -2.16. The number of fused-ring (bicyclic) bond motifs is 1. The van der Waals surface area contributed by atoms with E-state index in [4.69, 9.17) is 0 Å². The van der Waals surface area contributed by atoms with Crippen LogP contribution in [0.5, 0.6) is 5.75 Å². The van der Waals surface area contributed by atoms with E-state index in [2.05, 4.69) is 43.0 Å². The first-order valence-corrected chi connectivity index (χ1v) is 7.67. The van der Waals surface area contributed by atoms with Crippen molar-refractivity contribution in [2.24, 2.45) is 0 Å². The summed E-state index contributed by atoms with van der Waals surface area (Å²) in [5.41, 5.74) is 5.31. The second-order valence-corrected chi connectivity index (χ2v) is 5.77. The second-order valence-electron chi connectivity index (χ2n) is 5.45. The minimum Gasteiger partial charge on any atom is -0.507 e. The van der Waals surface area contributed by atoms with E-state index in [1.54, 1.807) is 0 Å². The summed E-state index contributed by atoms with van der Waals surface area (Å²) < 4.78 is 0. The van der Waals surface area contributed by atoms with Gasteiger partial charge in [-0.1, -0.05) is 42.5 Å². The quantitative estimate of drug-likeness (QED) is 0.618. The van der Waals surface area contributed by atoms with Crippen molar-refractivity contribution >= 4 is 23.4 Å². The number of thiol groups is 1. The van der Waals surface area contributed by atoms with Gasteiger partial charge in [0.1, 0.15) is 5.75 Å². The van der Waals surface area contributed by atoms with Gasteiger partial charge in [-0.25, -0.2) is 0 Å². The van der Waals surface area contributed by atoms with E-state index in [9.17, 15) is 5.11 Å². The molecule has 0 radical (unpaired) electrons. The minimum absolute atomic E-state index is 0.340. The number of phenolic OH excluding ortho intramolecular Hbond substituents is 1. The van der Waals surface area contributed by atoms with Crippen molar-refractivity contribution in [1.29, 1.82) is 0 Å². The highest BCUT2D eigenvalue weighted by atomic mass is 32.1. The summed E-state index contributed by atoms with van der Waals surface area (Å²) >= 11 is 4.46. The Labute approximate surface area is 130 Å². The molecule has 1 nitrogen and oxygen atoms in total. The summed E-state index contributed by atoms with van der Waals surface area (Å²) in [6.07, 6.45) is 0. The summed E-state index contributed by atoms with van der Waals surface area (Å²) in [4.78, 5) is 0. The first-order chi connectivity index (χ1) is 10.1. The van der Waals surface area contributed by atoms with E-state index in [-0.39, 0.29) is 0 Å². The Morgan fingerprint density at radius 3 is 2.43 bits per heavy atom.